The standard InChI is InChI=1S/C14H15ClN2O6S.C8H11ClN2O3S.C8H10O4.CH4/c1-4-23-13-9(11(19)12(13)20)16-8-6-5-7(15)14(10(8)18)24(21,22)17(2)3;1-11(2)15(13,14)8-5(9)3-4-6(10)7(8)12;1-3-11-7-5(9)6(10)8(7)12-4-2;/h5-6,16,18H,4H2,1-3H3;3-4,12H,10H2,1-2H3;3-4H2,1-2H3;1H4. The van der Waals surface area contributed by atoms with E-state index in [1.807, 2.05) is 0 Å². The molecule has 4 aromatic rings. The average molecular weight is 812 g/mol. The molecule has 52 heavy (non-hydrogen) atoms. The van der Waals surface area contributed by atoms with E-state index in [0.29, 0.717) is 13.2 Å². The lowest BCUT2D eigenvalue weighted by atomic mass is 10.2. The number of ether oxygens (including phenoxy) is 3. The molecule has 0 radical (unpaired) electrons. The smallest absolute Gasteiger partial charge is 0.275 e. The minimum absolute atomic E-state index is 0. The number of hydrogen-bond donors (Lipinski definition) is 4. The van der Waals surface area contributed by atoms with Crippen LogP contribution in [0, 0.1) is 0 Å². The number of benzene rings is 2. The Bertz CT molecular complexity index is 2230. The quantitative estimate of drug-likeness (QED) is 0.0912. The summed E-state index contributed by atoms with van der Waals surface area (Å²) in [5.74, 6) is -1.19. The Hall–Kier alpha value is -4.40. The highest BCUT2D eigenvalue weighted by molar-refractivity contribution is 7.89. The number of phenols is 2. The summed E-state index contributed by atoms with van der Waals surface area (Å²) >= 11 is 11.6. The number of sulfonamides is 2. The maximum atomic E-state index is 12.3. The van der Waals surface area contributed by atoms with E-state index >= 15 is 0 Å². The molecule has 288 valence electrons. The predicted octanol–water partition coefficient (Wildman–Crippen LogP) is 2.63. The summed E-state index contributed by atoms with van der Waals surface area (Å²) in [6.45, 7) is 6.03. The van der Waals surface area contributed by atoms with Crippen LogP contribution < -0.4 is 47.0 Å². The van der Waals surface area contributed by atoms with Gasteiger partial charge in [0.15, 0.2) is 17.2 Å². The molecule has 0 amide bonds. The van der Waals surface area contributed by atoms with E-state index in [1.54, 1.807) is 20.8 Å². The van der Waals surface area contributed by atoms with E-state index in [4.69, 9.17) is 43.1 Å². The number of nitrogen functional groups attached to an aromatic ring is 1. The summed E-state index contributed by atoms with van der Waals surface area (Å²) in [5, 5.41) is 22.1. The number of nitrogens with one attached hydrogen (secondary N) is 1. The molecule has 0 atom stereocenters. The van der Waals surface area contributed by atoms with Crippen LogP contribution in [0.4, 0.5) is 17.1 Å². The van der Waals surface area contributed by atoms with Crippen molar-refractivity contribution in [3.05, 3.63) is 75.2 Å². The SMILES string of the molecule is C.CCOc1c(Nc2ccc(Cl)c(S(=O)(=O)N(C)C)c2O)c(=O)c1=O.CCOc1c(OCC)c(=O)c1=O.CN(C)S(=O)(=O)c1c(Cl)ccc(N)c1O. The molecule has 4 aromatic carbocycles. The summed E-state index contributed by atoms with van der Waals surface area (Å²) in [5.41, 5.74) is 2.37. The zero-order chi connectivity index (χ0) is 39.2. The fraction of sp³-hybridized carbons (Fsp3) is 0.355. The van der Waals surface area contributed by atoms with E-state index in [2.05, 4.69) is 5.32 Å². The van der Waals surface area contributed by atoms with Gasteiger partial charge in [-0.25, -0.2) is 25.4 Å². The molecule has 0 heterocycles. The van der Waals surface area contributed by atoms with Gasteiger partial charge in [-0.2, -0.15) is 0 Å². The summed E-state index contributed by atoms with van der Waals surface area (Å²) < 4.78 is 64.8. The van der Waals surface area contributed by atoms with Gasteiger partial charge in [-0.15, -0.1) is 0 Å². The highest BCUT2D eigenvalue weighted by Crippen LogP contribution is 2.40. The molecule has 0 aliphatic carbocycles. The van der Waals surface area contributed by atoms with Crippen molar-refractivity contribution in [2.45, 2.75) is 38.0 Å². The molecule has 0 saturated carbocycles. The average Bonchev–Trinajstić information content (AvgIpc) is 3.07. The first-order valence-corrected chi connectivity index (χ1v) is 18.2. The number of aromatic hydroxyl groups is 2. The second kappa shape index (κ2) is 18.4. The van der Waals surface area contributed by atoms with E-state index in [1.165, 1.54) is 52.5 Å². The van der Waals surface area contributed by atoms with Crippen molar-refractivity contribution >= 4 is 60.3 Å². The molecule has 0 unspecified atom stereocenters. The molecule has 4 rings (SSSR count). The Kier molecular flexibility index (Phi) is 16.1. The maximum Gasteiger partial charge on any atom is 0.275 e. The monoisotopic (exact) mass is 810 g/mol. The second-order valence-electron chi connectivity index (χ2n) is 10.3. The number of hydrogen-bond acceptors (Lipinski definition) is 15. The van der Waals surface area contributed by atoms with Gasteiger partial charge in [-0.1, -0.05) is 30.6 Å². The van der Waals surface area contributed by atoms with Crippen molar-refractivity contribution in [2.75, 3.05) is 59.1 Å². The zero-order valence-corrected chi connectivity index (χ0v) is 31.5. The van der Waals surface area contributed by atoms with E-state index < -0.39 is 58.2 Å². The van der Waals surface area contributed by atoms with Gasteiger partial charge in [0.2, 0.25) is 31.5 Å². The van der Waals surface area contributed by atoms with Crippen LogP contribution in [0.2, 0.25) is 10.0 Å². The largest absolute Gasteiger partial charge is 0.504 e. The molecule has 0 spiro atoms. The predicted molar refractivity (Wildman–Crippen MR) is 199 cm³/mol. The van der Waals surface area contributed by atoms with Gasteiger partial charge >= 0.3 is 0 Å². The van der Waals surface area contributed by atoms with Crippen LogP contribution in [0.1, 0.15) is 28.2 Å². The second-order valence-corrected chi connectivity index (χ2v) is 15.3. The van der Waals surface area contributed by atoms with Crippen LogP contribution in [0.15, 0.2) is 53.2 Å². The fourth-order valence-corrected chi connectivity index (χ4v) is 6.83. The van der Waals surface area contributed by atoms with Crippen molar-refractivity contribution in [2.24, 2.45) is 0 Å². The number of halogens is 2. The molecule has 0 aromatic heterocycles. The van der Waals surface area contributed by atoms with Gasteiger partial charge in [0.05, 0.1) is 41.2 Å². The van der Waals surface area contributed by atoms with Crippen LogP contribution in [0.25, 0.3) is 0 Å². The first-order chi connectivity index (χ1) is 23.6. The van der Waals surface area contributed by atoms with E-state index in [-0.39, 0.29) is 63.3 Å². The molecule has 0 fully saturated rings. The lowest BCUT2D eigenvalue weighted by Crippen LogP contribution is -2.35. The van der Waals surface area contributed by atoms with Crippen molar-refractivity contribution in [3.8, 4) is 28.7 Å². The first kappa shape index (κ1) is 45.6. The van der Waals surface area contributed by atoms with Crippen molar-refractivity contribution in [3.63, 3.8) is 0 Å². The van der Waals surface area contributed by atoms with Gasteiger partial charge in [-0.3, -0.25) is 19.2 Å². The Balaban J connectivity index is 0.000000416. The van der Waals surface area contributed by atoms with Crippen LogP contribution >= 0.6 is 23.2 Å². The third-order valence-corrected chi connectivity index (χ3v) is 11.1. The molecule has 21 heteroatoms. The van der Waals surface area contributed by atoms with Crippen LogP contribution in [-0.2, 0) is 20.0 Å². The van der Waals surface area contributed by atoms with Crippen molar-refractivity contribution in [1.82, 2.24) is 8.61 Å². The van der Waals surface area contributed by atoms with Gasteiger partial charge in [0, 0.05) is 28.2 Å². The summed E-state index contributed by atoms with van der Waals surface area (Å²) in [7, 11) is -2.55. The van der Waals surface area contributed by atoms with Crippen LogP contribution in [0.5, 0.6) is 28.7 Å². The summed E-state index contributed by atoms with van der Waals surface area (Å²) in [6.07, 6.45) is 0. The third kappa shape index (κ3) is 9.33. The lowest BCUT2D eigenvalue weighted by Gasteiger charge is -2.18. The maximum absolute atomic E-state index is 12.3. The first-order valence-electron chi connectivity index (χ1n) is 14.6. The van der Waals surface area contributed by atoms with Gasteiger partial charge in [0.25, 0.3) is 21.7 Å². The summed E-state index contributed by atoms with van der Waals surface area (Å²) in [6, 6.07) is 5.21. The number of rotatable bonds is 12. The highest BCUT2D eigenvalue weighted by Gasteiger charge is 2.30. The van der Waals surface area contributed by atoms with Crippen molar-refractivity contribution in [1.29, 1.82) is 0 Å². The normalized spacial score (nSPS) is 11.3. The lowest BCUT2D eigenvalue weighted by molar-refractivity contribution is 0.274. The Morgan fingerprint density at radius 2 is 1.02 bits per heavy atom. The topological polar surface area (TPSA) is 249 Å². The molecule has 17 nitrogen and oxygen atoms in total. The molecule has 0 bridgehead atoms. The van der Waals surface area contributed by atoms with Crippen LogP contribution in [-0.4, -0.2) is 83.7 Å². The Labute approximate surface area is 310 Å². The fourth-order valence-electron chi connectivity index (χ4n) is 3.87. The molecule has 0 aliphatic rings. The molecular formula is C31H40Cl2N4O13S2. The summed E-state index contributed by atoms with van der Waals surface area (Å²) in [4.78, 5) is 43.9. The van der Waals surface area contributed by atoms with Gasteiger partial charge in [0.1, 0.15) is 15.5 Å². The highest BCUT2D eigenvalue weighted by atomic mass is 35.5. The molecule has 0 saturated heterocycles. The Morgan fingerprint density at radius 1 is 0.654 bits per heavy atom. The van der Waals surface area contributed by atoms with Crippen molar-refractivity contribution < 1.29 is 41.3 Å². The van der Waals surface area contributed by atoms with Gasteiger partial charge in [-0.05, 0) is 45.0 Å². The van der Waals surface area contributed by atoms with E-state index in [9.17, 15) is 46.2 Å². The molecule has 0 aliphatic heterocycles. The van der Waals surface area contributed by atoms with Crippen LogP contribution in [0.3, 0.4) is 0 Å². The number of anilines is 3. The Morgan fingerprint density at radius 3 is 1.42 bits per heavy atom. The van der Waals surface area contributed by atoms with Gasteiger partial charge < -0.3 is 35.5 Å². The van der Waals surface area contributed by atoms with E-state index in [0.717, 1.165) is 8.61 Å². The number of phenolic OH excluding ortho intramolecular Hbond substituents is 2. The number of nitrogens with zero attached hydrogens (tertiary/aromatic N) is 2. The zero-order valence-electron chi connectivity index (χ0n) is 28.4. The number of nitrogens with two attached hydrogens (primary N) is 1. The molecule has 5 N–H and O–H groups in total. The third-order valence-electron chi connectivity index (χ3n) is 6.49. The minimum Gasteiger partial charge on any atom is -0.504 e. The minimum atomic E-state index is -4.02. The molecular weight excluding hydrogens is 771 g/mol.